The highest BCUT2D eigenvalue weighted by molar-refractivity contribution is 9.10. The van der Waals surface area contributed by atoms with E-state index in [4.69, 9.17) is 0 Å². The van der Waals surface area contributed by atoms with E-state index in [0.717, 1.165) is 10.2 Å². The van der Waals surface area contributed by atoms with Gasteiger partial charge in [0.1, 0.15) is 5.37 Å². The van der Waals surface area contributed by atoms with Crippen LogP contribution in [0.1, 0.15) is 10.9 Å². The van der Waals surface area contributed by atoms with E-state index in [2.05, 4.69) is 44.9 Å². The molecule has 2 heterocycles. The van der Waals surface area contributed by atoms with Crippen LogP contribution in [0.5, 0.6) is 0 Å². The molecule has 1 fully saturated rings. The number of halogens is 1. The van der Waals surface area contributed by atoms with Gasteiger partial charge in [-0.05, 0) is 30.3 Å². The number of carbonyl (C=O) groups excluding carboxylic acids is 1. The van der Waals surface area contributed by atoms with Crippen LogP contribution in [0.3, 0.4) is 0 Å². The summed E-state index contributed by atoms with van der Waals surface area (Å²) in [5, 5.41) is 0.143. The van der Waals surface area contributed by atoms with Crippen molar-refractivity contribution in [3.8, 4) is 5.69 Å². The van der Waals surface area contributed by atoms with Crippen molar-refractivity contribution in [3.05, 3.63) is 52.8 Å². The van der Waals surface area contributed by atoms with Crippen molar-refractivity contribution in [3.63, 3.8) is 0 Å². The Balaban J connectivity index is 1.87. The van der Waals surface area contributed by atoms with Crippen LogP contribution in [0.2, 0.25) is 0 Å². The van der Waals surface area contributed by atoms with Crippen LogP contribution in [0.15, 0.2) is 47.2 Å². The Hall–Kier alpha value is -1.20. The predicted octanol–water partition coefficient (Wildman–Crippen LogP) is 3.44. The maximum atomic E-state index is 11.6. The molecule has 5 heteroatoms. The molecule has 1 aliphatic rings. The molecule has 1 aliphatic heterocycles. The second-order valence-corrected chi connectivity index (χ2v) is 6.48. The fourth-order valence-electron chi connectivity index (χ4n) is 2.15. The summed E-state index contributed by atoms with van der Waals surface area (Å²) in [7, 11) is 1.87. The van der Waals surface area contributed by atoms with Gasteiger partial charge < -0.3 is 9.47 Å². The van der Waals surface area contributed by atoms with Gasteiger partial charge in [-0.3, -0.25) is 4.79 Å². The molecule has 3 rings (SSSR count). The van der Waals surface area contributed by atoms with Gasteiger partial charge in [0.05, 0.1) is 5.75 Å². The molecule has 3 nitrogen and oxygen atoms in total. The quantitative estimate of drug-likeness (QED) is 0.839. The van der Waals surface area contributed by atoms with Crippen molar-refractivity contribution in [2.45, 2.75) is 5.37 Å². The minimum Gasteiger partial charge on any atom is -0.329 e. The number of thioether (sulfide) groups is 1. The molecule has 0 saturated carbocycles. The highest BCUT2D eigenvalue weighted by atomic mass is 79.9. The molecular weight excluding hydrogens is 324 g/mol. The van der Waals surface area contributed by atoms with Crippen LogP contribution < -0.4 is 0 Å². The normalized spacial score (nSPS) is 19.2. The molecule has 1 amide bonds. The van der Waals surface area contributed by atoms with E-state index in [-0.39, 0.29) is 11.3 Å². The van der Waals surface area contributed by atoms with E-state index in [1.807, 2.05) is 30.3 Å². The molecule has 0 aliphatic carbocycles. The SMILES string of the molecule is CN1C(=O)CS[C@H]1c1ccn(-c2ccc(Br)cc2)c1. The average Bonchev–Trinajstić information content (AvgIpc) is 2.99. The van der Waals surface area contributed by atoms with Crippen molar-refractivity contribution in [2.24, 2.45) is 0 Å². The van der Waals surface area contributed by atoms with E-state index >= 15 is 0 Å². The lowest BCUT2D eigenvalue weighted by molar-refractivity contribution is -0.126. The van der Waals surface area contributed by atoms with Gasteiger partial charge in [0.2, 0.25) is 5.91 Å². The third-order valence-corrected chi connectivity index (χ3v) is 5.08. The Morgan fingerprint density at radius 2 is 2.00 bits per heavy atom. The molecule has 0 N–H and O–H groups in total. The van der Waals surface area contributed by atoms with Crippen molar-refractivity contribution < 1.29 is 4.79 Å². The standard InChI is InChI=1S/C14H13BrN2OS/c1-16-13(18)9-19-14(16)10-6-7-17(8-10)12-4-2-11(15)3-5-12/h2-8,14H,9H2,1H3/t14-/m0/s1. The van der Waals surface area contributed by atoms with Gasteiger partial charge in [-0.15, -0.1) is 11.8 Å². The molecular formula is C14H13BrN2OS. The smallest absolute Gasteiger partial charge is 0.233 e. The Morgan fingerprint density at radius 3 is 2.63 bits per heavy atom. The molecule has 0 spiro atoms. The summed E-state index contributed by atoms with van der Waals surface area (Å²) in [6.45, 7) is 0. The predicted molar refractivity (Wildman–Crippen MR) is 81.4 cm³/mol. The topological polar surface area (TPSA) is 25.2 Å². The van der Waals surface area contributed by atoms with Crippen molar-refractivity contribution in [2.75, 3.05) is 12.8 Å². The molecule has 2 aromatic rings. The Bertz CT molecular complexity index is 608. The lowest BCUT2D eigenvalue weighted by Crippen LogP contribution is -2.22. The first kappa shape index (κ1) is 12.8. The molecule has 19 heavy (non-hydrogen) atoms. The molecule has 1 saturated heterocycles. The first-order valence-corrected chi connectivity index (χ1v) is 7.80. The number of hydrogen-bond acceptors (Lipinski definition) is 2. The van der Waals surface area contributed by atoms with Gasteiger partial charge in [0, 0.05) is 35.2 Å². The number of benzene rings is 1. The summed E-state index contributed by atoms with van der Waals surface area (Å²) >= 11 is 5.11. The lowest BCUT2D eigenvalue weighted by Gasteiger charge is -2.17. The highest BCUT2D eigenvalue weighted by Crippen LogP contribution is 2.37. The third-order valence-electron chi connectivity index (χ3n) is 3.24. The highest BCUT2D eigenvalue weighted by Gasteiger charge is 2.30. The zero-order valence-electron chi connectivity index (χ0n) is 10.4. The summed E-state index contributed by atoms with van der Waals surface area (Å²) < 4.78 is 3.15. The van der Waals surface area contributed by atoms with Crippen molar-refractivity contribution in [1.82, 2.24) is 9.47 Å². The maximum Gasteiger partial charge on any atom is 0.233 e. The van der Waals surface area contributed by atoms with Crippen LogP contribution in [0, 0.1) is 0 Å². The van der Waals surface area contributed by atoms with Crippen LogP contribution in [-0.2, 0) is 4.79 Å². The number of amides is 1. The van der Waals surface area contributed by atoms with Crippen molar-refractivity contribution in [1.29, 1.82) is 0 Å². The summed E-state index contributed by atoms with van der Waals surface area (Å²) in [5.41, 5.74) is 2.28. The van der Waals surface area contributed by atoms with Gasteiger partial charge in [-0.2, -0.15) is 0 Å². The molecule has 0 radical (unpaired) electrons. The molecule has 1 aromatic carbocycles. The minimum absolute atomic E-state index is 0.143. The van der Waals surface area contributed by atoms with Crippen LogP contribution in [0.4, 0.5) is 0 Å². The maximum absolute atomic E-state index is 11.6. The number of rotatable bonds is 2. The van der Waals surface area contributed by atoms with Crippen LogP contribution >= 0.6 is 27.7 Å². The van der Waals surface area contributed by atoms with Crippen LogP contribution in [0.25, 0.3) is 5.69 Å². The molecule has 1 atom stereocenters. The average molecular weight is 337 g/mol. The van der Waals surface area contributed by atoms with Gasteiger partial charge >= 0.3 is 0 Å². The number of nitrogens with zero attached hydrogens (tertiary/aromatic N) is 2. The molecule has 0 bridgehead atoms. The fraction of sp³-hybridized carbons (Fsp3) is 0.214. The van der Waals surface area contributed by atoms with Gasteiger partial charge in [-0.25, -0.2) is 0 Å². The Labute approximate surface area is 124 Å². The summed E-state index contributed by atoms with van der Waals surface area (Å²) in [6.07, 6.45) is 4.13. The van der Waals surface area contributed by atoms with E-state index in [1.54, 1.807) is 11.8 Å². The fourth-order valence-corrected chi connectivity index (χ4v) is 3.59. The second-order valence-electron chi connectivity index (χ2n) is 4.50. The van der Waals surface area contributed by atoms with Crippen molar-refractivity contribution >= 4 is 33.6 Å². The second kappa shape index (κ2) is 5.06. The largest absolute Gasteiger partial charge is 0.329 e. The number of hydrogen-bond donors (Lipinski definition) is 0. The monoisotopic (exact) mass is 336 g/mol. The zero-order valence-corrected chi connectivity index (χ0v) is 12.8. The summed E-state index contributed by atoms with van der Waals surface area (Å²) in [6, 6.07) is 10.2. The Kier molecular flexibility index (Phi) is 3.41. The van der Waals surface area contributed by atoms with E-state index in [1.165, 1.54) is 5.56 Å². The molecule has 98 valence electrons. The van der Waals surface area contributed by atoms with Crippen LogP contribution in [-0.4, -0.2) is 28.2 Å². The number of carbonyl (C=O) groups is 1. The van der Waals surface area contributed by atoms with Gasteiger partial charge in [-0.1, -0.05) is 15.9 Å². The van der Waals surface area contributed by atoms with E-state index in [9.17, 15) is 4.79 Å². The van der Waals surface area contributed by atoms with Gasteiger partial charge in [0.15, 0.2) is 0 Å². The zero-order chi connectivity index (χ0) is 13.4. The molecule has 0 unspecified atom stereocenters. The number of aromatic nitrogens is 1. The lowest BCUT2D eigenvalue weighted by atomic mass is 10.3. The minimum atomic E-state index is 0.143. The van der Waals surface area contributed by atoms with E-state index < -0.39 is 0 Å². The molecule has 1 aromatic heterocycles. The summed E-state index contributed by atoms with van der Waals surface area (Å²) in [5.74, 6) is 0.774. The van der Waals surface area contributed by atoms with Gasteiger partial charge in [0.25, 0.3) is 0 Å². The van der Waals surface area contributed by atoms with E-state index in [0.29, 0.717) is 5.75 Å². The summed E-state index contributed by atoms with van der Waals surface area (Å²) in [4.78, 5) is 13.4. The first-order chi connectivity index (χ1) is 9.15. The third kappa shape index (κ3) is 2.44. The Morgan fingerprint density at radius 1 is 1.26 bits per heavy atom. The first-order valence-electron chi connectivity index (χ1n) is 5.96.